The smallest absolute Gasteiger partial charge is 0.276 e. The van der Waals surface area contributed by atoms with Crippen LogP contribution in [0.2, 0.25) is 0 Å². The largest absolute Gasteiger partial charge is 0.397 e. The van der Waals surface area contributed by atoms with Crippen LogP contribution in [0.3, 0.4) is 0 Å². The molecule has 5 N–H and O–H groups in total. The first-order valence-electron chi connectivity index (χ1n) is 11.0. The van der Waals surface area contributed by atoms with Gasteiger partial charge in [-0.25, -0.2) is 9.37 Å². The zero-order valence-electron chi connectivity index (χ0n) is 18.6. The van der Waals surface area contributed by atoms with E-state index in [2.05, 4.69) is 20.2 Å². The molecule has 2 amide bonds. The van der Waals surface area contributed by atoms with Crippen LogP contribution in [-0.2, 0) is 4.79 Å². The number of carbonyl (C=O) groups excluding carboxylic acids is 2. The Morgan fingerprint density at radius 2 is 1.82 bits per heavy atom. The van der Waals surface area contributed by atoms with E-state index >= 15 is 0 Å². The third-order valence-electron chi connectivity index (χ3n) is 5.67. The van der Waals surface area contributed by atoms with Gasteiger partial charge in [0.05, 0.1) is 29.0 Å². The molecule has 0 bridgehead atoms. The fourth-order valence-corrected chi connectivity index (χ4v) is 3.89. The number of nitrogen functional groups attached to an aromatic ring is 1. The van der Waals surface area contributed by atoms with Gasteiger partial charge in [0, 0.05) is 50.9 Å². The molecule has 0 saturated carbocycles. The highest BCUT2D eigenvalue weighted by molar-refractivity contribution is 6.08. The second-order valence-electron chi connectivity index (χ2n) is 7.87. The highest BCUT2D eigenvalue weighted by Crippen LogP contribution is 2.28. The monoisotopic (exact) mass is 463 g/mol. The summed E-state index contributed by atoms with van der Waals surface area (Å²) in [5.74, 6) is -0.923. The Kier molecular flexibility index (Phi) is 6.98. The number of piperazine rings is 1. The van der Waals surface area contributed by atoms with Crippen LogP contribution in [0.4, 0.5) is 21.5 Å². The van der Waals surface area contributed by atoms with Gasteiger partial charge in [0.2, 0.25) is 5.91 Å². The van der Waals surface area contributed by atoms with Crippen LogP contribution in [-0.4, -0.2) is 59.4 Å². The lowest BCUT2D eigenvalue weighted by molar-refractivity contribution is -0.131. The molecule has 4 rings (SSSR count). The van der Waals surface area contributed by atoms with Gasteiger partial charge in [0.15, 0.2) is 5.69 Å². The summed E-state index contributed by atoms with van der Waals surface area (Å²) in [5.41, 5.74) is 13.5. The molecule has 1 saturated heterocycles. The van der Waals surface area contributed by atoms with Gasteiger partial charge in [0.1, 0.15) is 5.82 Å². The highest BCUT2D eigenvalue weighted by atomic mass is 19.1. The molecule has 1 aromatic carbocycles. The Balaban J connectivity index is 1.53. The van der Waals surface area contributed by atoms with Gasteiger partial charge in [-0.15, -0.1) is 0 Å². The molecule has 9 nitrogen and oxygen atoms in total. The van der Waals surface area contributed by atoms with Gasteiger partial charge < -0.3 is 26.6 Å². The second kappa shape index (κ2) is 10.3. The van der Waals surface area contributed by atoms with Crippen molar-refractivity contribution in [1.82, 2.24) is 14.9 Å². The number of hydrogen-bond donors (Lipinski definition) is 3. The van der Waals surface area contributed by atoms with E-state index < -0.39 is 11.7 Å². The molecule has 176 valence electrons. The summed E-state index contributed by atoms with van der Waals surface area (Å²) in [4.78, 5) is 37.5. The fraction of sp³-hybridized carbons (Fsp3) is 0.250. The number of carbonyl (C=O) groups is 2. The molecule has 2 aromatic heterocycles. The number of nitrogens with two attached hydrogens (primary N) is 2. The maximum absolute atomic E-state index is 14.2. The summed E-state index contributed by atoms with van der Waals surface area (Å²) in [6, 6.07) is 11.1. The molecular weight excluding hydrogens is 437 g/mol. The standard InChI is InChI=1S/C24H26FN7O2/c25-17-4-2-1-3-16(17)19-6-5-18(27)23(29-19)24(34)30-20-15-28-10-8-21(20)31-11-13-32(14-12-31)22(33)7-9-26/h1-6,8,10,15H,7,9,11-14,26-27H2,(H,30,34). The summed E-state index contributed by atoms with van der Waals surface area (Å²) in [7, 11) is 0. The molecule has 3 heterocycles. The number of pyridine rings is 2. The van der Waals surface area contributed by atoms with Gasteiger partial charge in [-0.2, -0.15) is 0 Å². The molecule has 34 heavy (non-hydrogen) atoms. The van der Waals surface area contributed by atoms with Crippen molar-refractivity contribution in [3.63, 3.8) is 0 Å². The molecule has 10 heteroatoms. The number of rotatable bonds is 6. The van der Waals surface area contributed by atoms with Gasteiger partial charge in [-0.05, 0) is 30.3 Å². The molecule has 1 fully saturated rings. The zero-order chi connectivity index (χ0) is 24.1. The average molecular weight is 464 g/mol. The predicted molar refractivity (Wildman–Crippen MR) is 129 cm³/mol. The number of amides is 2. The van der Waals surface area contributed by atoms with Gasteiger partial charge in [-0.3, -0.25) is 14.6 Å². The van der Waals surface area contributed by atoms with E-state index in [4.69, 9.17) is 11.5 Å². The minimum absolute atomic E-state index is 0.00671. The maximum Gasteiger partial charge on any atom is 0.276 e. The zero-order valence-corrected chi connectivity index (χ0v) is 18.6. The first kappa shape index (κ1) is 23.1. The molecule has 3 aromatic rings. The molecule has 1 aliphatic heterocycles. The van der Waals surface area contributed by atoms with E-state index in [1.54, 1.807) is 47.6 Å². The number of benzene rings is 1. The Bertz CT molecular complexity index is 1200. The van der Waals surface area contributed by atoms with E-state index in [-0.39, 0.29) is 22.9 Å². The van der Waals surface area contributed by atoms with Crippen LogP contribution < -0.4 is 21.7 Å². The first-order valence-corrected chi connectivity index (χ1v) is 11.0. The fourth-order valence-electron chi connectivity index (χ4n) is 3.89. The number of aromatic nitrogens is 2. The number of halogens is 1. The lowest BCUT2D eigenvalue weighted by atomic mass is 10.1. The van der Waals surface area contributed by atoms with Gasteiger partial charge in [-0.1, -0.05) is 12.1 Å². The lowest BCUT2D eigenvalue weighted by Gasteiger charge is -2.36. The van der Waals surface area contributed by atoms with E-state index in [0.717, 1.165) is 5.69 Å². The quantitative estimate of drug-likeness (QED) is 0.510. The van der Waals surface area contributed by atoms with Crippen LogP contribution in [0.1, 0.15) is 16.9 Å². The SMILES string of the molecule is NCCC(=O)N1CCN(c2ccncc2NC(=O)c2nc(-c3ccccc3F)ccc2N)CC1. The van der Waals surface area contributed by atoms with Crippen LogP contribution in [0.25, 0.3) is 11.3 Å². The molecule has 0 spiro atoms. The van der Waals surface area contributed by atoms with E-state index in [1.165, 1.54) is 12.1 Å². The summed E-state index contributed by atoms with van der Waals surface area (Å²) >= 11 is 0. The van der Waals surface area contributed by atoms with Crippen molar-refractivity contribution in [2.24, 2.45) is 5.73 Å². The van der Waals surface area contributed by atoms with Crippen molar-refractivity contribution in [2.45, 2.75) is 6.42 Å². The second-order valence-corrected chi connectivity index (χ2v) is 7.87. The molecular formula is C24H26FN7O2. The number of anilines is 3. The van der Waals surface area contributed by atoms with Crippen molar-refractivity contribution in [3.8, 4) is 11.3 Å². The molecule has 0 unspecified atom stereocenters. The van der Waals surface area contributed by atoms with Crippen molar-refractivity contribution < 1.29 is 14.0 Å². The summed E-state index contributed by atoms with van der Waals surface area (Å²) in [6.07, 6.45) is 3.52. The van der Waals surface area contributed by atoms with Crippen LogP contribution in [0, 0.1) is 5.82 Å². The Labute approximate surface area is 196 Å². The molecule has 0 atom stereocenters. The highest BCUT2D eigenvalue weighted by Gasteiger charge is 2.23. The minimum atomic E-state index is -0.526. The summed E-state index contributed by atoms with van der Waals surface area (Å²) < 4.78 is 14.2. The lowest BCUT2D eigenvalue weighted by Crippen LogP contribution is -2.49. The van der Waals surface area contributed by atoms with Crippen LogP contribution in [0.15, 0.2) is 54.9 Å². The number of nitrogens with zero attached hydrogens (tertiary/aromatic N) is 4. The van der Waals surface area contributed by atoms with Crippen molar-refractivity contribution in [2.75, 3.05) is 48.7 Å². The van der Waals surface area contributed by atoms with E-state index in [9.17, 15) is 14.0 Å². The number of nitrogens with one attached hydrogen (secondary N) is 1. The molecule has 0 radical (unpaired) electrons. The number of hydrogen-bond acceptors (Lipinski definition) is 7. The minimum Gasteiger partial charge on any atom is -0.397 e. The predicted octanol–water partition coefficient (Wildman–Crippen LogP) is 2.11. The van der Waals surface area contributed by atoms with Crippen LogP contribution >= 0.6 is 0 Å². The van der Waals surface area contributed by atoms with E-state index in [1.807, 2.05) is 0 Å². The van der Waals surface area contributed by atoms with Crippen molar-refractivity contribution >= 4 is 28.9 Å². The summed E-state index contributed by atoms with van der Waals surface area (Å²) in [5, 5.41) is 2.84. The normalized spacial score (nSPS) is 13.6. The third-order valence-corrected chi connectivity index (χ3v) is 5.67. The maximum atomic E-state index is 14.2. The first-order chi connectivity index (χ1) is 16.5. The van der Waals surface area contributed by atoms with Crippen molar-refractivity contribution in [3.05, 3.63) is 66.4 Å². The van der Waals surface area contributed by atoms with E-state index in [0.29, 0.717) is 50.5 Å². The Morgan fingerprint density at radius 3 is 2.56 bits per heavy atom. The Morgan fingerprint density at radius 1 is 1.06 bits per heavy atom. The van der Waals surface area contributed by atoms with Gasteiger partial charge >= 0.3 is 0 Å². The van der Waals surface area contributed by atoms with Crippen molar-refractivity contribution in [1.29, 1.82) is 0 Å². The third kappa shape index (κ3) is 4.96. The Hall–Kier alpha value is -4.05. The topological polar surface area (TPSA) is 130 Å². The molecule has 1 aliphatic rings. The van der Waals surface area contributed by atoms with Crippen LogP contribution in [0.5, 0.6) is 0 Å². The average Bonchev–Trinajstić information content (AvgIpc) is 2.85. The molecule has 0 aliphatic carbocycles. The van der Waals surface area contributed by atoms with Gasteiger partial charge in [0.25, 0.3) is 5.91 Å². The summed E-state index contributed by atoms with van der Waals surface area (Å²) in [6.45, 7) is 2.66.